The molecule has 0 amide bonds. The molecule has 0 radical (unpaired) electrons. The Morgan fingerprint density at radius 1 is 1.02 bits per heavy atom. The largest absolute Gasteiger partial charge is 0.479 e. The first-order valence-electron chi connectivity index (χ1n) is 14.9. The maximum Gasteiger partial charge on any atom is 0.416 e. The Balaban J connectivity index is 0.000000363. The summed E-state index contributed by atoms with van der Waals surface area (Å²) in [5.41, 5.74) is -3.30. The third kappa shape index (κ3) is 9.44. The van der Waals surface area contributed by atoms with E-state index in [-0.39, 0.29) is 30.6 Å². The molecule has 1 aromatic heterocycles. The SMILES string of the molecule is CC(OC1OCCN(Cc2n[nH]c(=O)[nH]2)C1c1ccc(F)cc1)c1cc(C(F)(F)F)cc(C(F)(F)F)c1.CC1OC(C(=O)O)C(O)C(O)C1O. The lowest BCUT2D eigenvalue weighted by Gasteiger charge is -2.41. The van der Waals surface area contributed by atoms with Gasteiger partial charge in [-0.1, -0.05) is 12.1 Å². The summed E-state index contributed by atoms with van der Waals surface area (Å²) in [6.45, 7) is 3.24. The molecule has 8 unspecified atom stereocenters. The lowest BCUT2D eigenvalue weighted by atomic mass is 9.96. The number of hydrogen-bond acceptors (Lipinski definition) is 10. The minimum atomic E-state index is -5.01. The molecule has 6 N–H and O–H groups in total. The standard InChI is InChI=1S/C23H21F7N4O3.C7H12O6/c1-12(14-8-15(22(25,26)27)10-16(9-14)23(28,29)30)37-20-19(13-2-4-17(24)5-3-13)34(6-7-36-20)11-18-31-21(35)33-32-18;1-2-3(8)4(9)5(10)6(13-2)7(11)12/h2-5,8-10,12,19-20H,6-7,11H2,1H3,(H2,31,32,33,35);2-6,8-10H,1H3,(H,11,12). The molecule has 0 bridgehead atoms. The summed E-state index contributed by atoms with van der Waals surface area (Å²) < 4.78 is 110. The van der Waals surface area contributed by atoms with Gasteiger partial charge in [0, 0.05) is 6.54 Å². The van der Waals surface area contributed by atoms with Crippen LogP contribution in [0.5, 0.6) is 0 Å². The third-order valence-corrected chi connectivity index (χ3v) is 7.94. The number of aromatic nitrogens is 3. The monoisotopic (exact) mass is 726 g/mol. The molecule has 2 fully saturated rings. The van der Waals surface area contributed by atoms with E-state index in [1.165, 1.54) is 38.1 Å². The predicted molar refractivity (Wildman–Crippen MR) is 154 cm³/mol. The van der Waals surface area contributed by atoms with Gasteiger partial charge in [-0.05, 0) is 55.3 Å². The minimum Gasteiger partial charge on any atom is -0.479 e. The first-order chi connectivity index (χ1) is 23.3. The summed E-state index contributed by atoms with van der Waals surface area (Å²) in [6.07, 6.45) is -19.0. The minimum absolute atomic E-state index is 0.0427. The molecule has 2 aliphatic rings. The van der Waals surface area contributed by atoms with E-state index < -0.39 is 89.9 Å². The third-order valence-electron chi connectivity index (χ3n) is 7.94. The maximum absolute atomic E-state index is 13.6. The van der Waals surface area contributed by atoms with Crippen molar-refractivity contribution in [1.29, 1.82) is 0 Å². The fourth-order valence-corrected chi connectivity index (χ4v) is 5.33. The number of aliphatic hydroxyl groups excluding tert-OH is 3. The molecule has 3 aromatic rings. The molecule has 3 heterocycles. The maximum atomic E-state index is 13.6. The zero-order chi connectivity index (χ0) is 37.1. The zero-order valence-electron chi connectivity index (χ0n) is 26.2. The normalized spacial score (nSPS) is 26.9. The van der Waals surface area contributed by atoms with Crippen molar-refractivity contribution < 1.29 is 70.2 Å². The van der Waals surface area contributed by atoms with Crippen molar-refractivity contribution in [2.75, 3.05) is 13.2 Å². The molecule has 276 valence electrons. The molecular weight excluding hydrogens is 693 g/mol. The number of nitrogens with zero attached hydrogens (tertiary/aromatic N) is 2. The van der Waals surface area contributed by atoms with Crippen LogP contribution in [0.1, 0.15) is 54.1 Å². The first kappa shape index (κ1) is 38.9. The van der Waals surface area contributed by atoms with E-state index in [2.05, 4.69) is 15.2 Å². The molecule has 5 rings (SSSR count). The van der Waals surface area contributed by atoms with Crippen LogP contribution in [0.25, 0.3) is 0 Å². The van der Waals surface area contributed by atoms with E-state index in [1.54, 1.807) is 4.90 Å². The summed E-state index contributed by atoms with van der Waals surface area (Å²) >= 11 is 0. The Bertz CT molecular complexity index is 1620. The lowest BCUT2D eigenvalue weighted by molar-refractivity contribution is -0.231. The second-order valence-electron chi connectivity index (χ2n) is 11.5. The average Bonchev–Trinajstić information content (AvgIpc) is 3.45. The molecule has 2 aliphatic heterocycles. The van der Waals surface area contributed by atoms with Gasteiger partial charge in [-0.15, -0.1) is 0 Å². The van der Waals surface area contributed by atoms with Crippen molar-refractivity contribution in [2.45, 2.75) is 81.7 Å². The van der Waals surface area contributed by atoms with Crippen molar-refractivity contribution in [3.05, 3.63) is 86.8 Å². The van der Waals surface area contributed by atoms with Gasteiger partial charge in [-0.25, -0.2) is 19.1 Å². The van der Waals surface area contributed by atoms with E-state index in [4.69, 9.17) is 19.3 Å². The van der Waals surface area contributed by atoms with Gasteiger partial charge in [0.05, 0.1) is 42.5 Å². The Kier molecular flexibility index (Phi) is 12.1. The molecule has 0 aliphatic carbocycles. The van der Waals surface area contributed by atoms with Crippen LogP contribution in [0.2, 0.25) is 0 Å². The van der Waals surface area contributed by atoms with Gasteiger partial charge in [-0.3, -0.25) is 9.88 Å². The number of carboxylic acids is 1. The highest BCUT2D eigenvalue weighted by atomic mass is 19.4. The summed E-state index contributed by atoms with van der Waals surface area (Å²) in [4.78, 5) is 26.2. The van der Waals surface area contributed by atoms with E-state index >= 15 is 0 Å². The van der Waals surface area contributed by atoms with Crippen LogP contribution in [0.4, 0.5) is 30.7 Å². The number of ether oxygens (including phenoxy) is 3. The number of benzene rings is 2. The lowest BCUT2D eigenvalue weighted by Crippen LogP contribution is -2.58. The molecule has 50 heavy (non-hydrogen) atoms. The molecule has 0 spiro atoms. The highest BCUT2D eigenvalue weighted by molar-refractivity contribution is 5.73. The second-order valence-corrected chi connectivity index (χ2v) is 11.5. The summed E-state index contributed by atoms with van der Waals surface area (Å²) in [5, 5.41) is 42.2. The number of rotatable bonds is 7. The average molecular weight is 727 g/mol. The number of nitrogens with one attached hydrogen (secondary N) is 2. The predicted octanol–water partition coefficient (Wildman–Crippen LogP) is 2.89. The number of H-pyrrole nitrogens is 2. The number of hydrogen-bond donors (Lipinski definition) is 6. The van der Waals surface area contributed by atoms with Crippen molar-refractivity contribution in [3.63, 3.8) is 0 Å². The van der Waals surface area contributed by atoms with Crippen molar-refractivity contribution in [2.24, 2.45) is 0 Å². The fourth-order valence-electron chi connectivity index (χ4n) is 5.33. The van der Waals surface area contributed by atoms with Gasteiger partial charge in [-0.2, -0.15) is 31.4 Å². The zero-order valence-corrected chi connectivity index (χ0v) is 26.2. The first-order valence-corrected chi connectivity index (χ1v) is 14.9. The summed E-state index contributed by atoms with van der Waals surface area (Å²) in [7, 11) is 0. The van der Waals surface area contributed by atoms with Crippen molar-refractivity contribution in [3.8, 4) is 0 Å². The number of halogens is 7. The number of carbonyl (C=O) groups is 1. The van der Waals surface area contributed by atoms with Crippen molar-refractivity contribution in [1.82, 2.24) is 20.1 Å². The summed E-state index contributed by atoms with van der Waals surface area (Å²) in [6, 6.07) is 5.79. The molecule has 13 nitrogen and oxygen atoms in total. The summed E-state index contributed by atoms with van der Waals surface area (Å²) in [5.74, 6) is -1.60. The van der Waals surface area contributed by atoms with Crippen LogP contribution < -0.4 is 5.69 Å². The van der Waals surface area contributed by atoms with E-state index in [0.29, 0.717) is 24.2 Å². The van der Waals surface area contributed by atoms with Gasteiger partial charge >= 0.3 is 24.0 Å². The van der Waals surface area contributed by atoms with E-state index in [0.717, 1.165) is 0 Å². The Morgan fingerprint density at radius 2 is 1.62 bits per heavy atom. The van der Waals surface area contributed by atoms with Gasteiger partial charge in [0.1, 0.15) is 30.0 Å². The number of alkyl halides is 6. The topological polar surface area (TPSA) is 190 Å². The molecular formula is C30H33F7N4O9. The van der Waals surface area contributed by atoms with Gasteiger partial charge in [0.15, 0.2) is 12.4 Å². The highest BCUT2D eigenvalue weighted by Gasteiger charge is 2.45. The van der Waals surface area contributed by atoms with E-state index in [1.807, 2.05) is 0 Å². The Hall–Kier alpha value is -3.92. The van der Waals surface area contributed by atoms with Gasteiger partial charge < -0.3 is 34.6 Å². The molecule has 8 atom stereocenters. The van der Waals surface area contributed by atoms with Gasteiger partial charge in [0.2, 0.25) is 0 Å². The number of carboxylic acid groups (broad SMARTS) is 1. The van der Waals surface area contributed by atoms with Crippen LogP contribution in [-0.2, 0) is 37.9 Å². The van der Waals surface area contributed by atoms with Crippen LogP contribution in [0.15, 0.2) is 47.3 Å². The highest BCUT2D eigenvalue weighted by Crippen LogP contribution is 2.40. The fraction of sp³-hybridized carbons (Fsp3) is 0.500. The number of aromatic amines is 2. The number of aliphatic hydroxyl groups is 3. The van der Waals surface area contributed by atoms with Crippen LogP contribution >= 0.6 is 0 Å². The molecule has 2 aromatic carbocycles. The van der Waals surface area contributed by atoms with Crippen molar-refractivity contribution >= 4 is 5.97 Å². The molecule has 20 heteroatoms. The van der Waals surface area contributed by atoms with Crippen LogP contribution in [-0.4, -0.2) is 96.4 Å². The Morgan fingerprint density at radius 3 is 2.14 bits per heavy atom. The quantitative estimate of drug-likeness (QED) is 0.197. The number of aliphatic carboxylic acids is 1. The molecule has 2 saturated heterocycles. The van der Waals surface area contributed by atoms with E-state index in [9.17, 15) is 55.6 Å². The smallest absolute Gasteiger partial charge is 0.416 e. The second kappa shape index (κ2) is 15.5. The Labute approximate surface area is 278 Å². The van der Waals surface area contributed by atoms with Crippen LogP contribution in [0, 0.1) is 5.82 Å². The number of morpholine rings is 1. The molecule has 0 saturated carbocycles. The van der Waals surface area contributed by atoms with Gasteiger partial charge in [0.25, 0.3) is 0 Å². The van der Waals surface area contributed by atoms with Crippen LogP contribution in [0.3, 0.4) is 0 Å².